The molecule has 150 valence electrons. The minimum Gasteiger partial charge on any atom is -0.497 e. The Balaban J connectivity index is 0.00000261. The van der Waals surface area contributed by atoms with Crippen LogP contribution in [0.3, 0.4) is 0 Å². The lowest BCUT2D eigenvalue weighted by atomic mass is 10.1. The van der Waals surface area contributed by atoms with Crippen LogP contribution in [0.15, 0.2) is 18.2 Å². The first-order valence-electron chi connectivity index (χ1n) is 9.12. The molecule has 3 rings (SSSR count). The van der Waals surface area contributed by atoms with E-state index in [1.807, 2.05) is 4.90 Å². The molecule has 0 unspecified atom stereocenters. The highest BCUT2D eigenvalue weighted by Crippen LogP contribution is 2.27. The standard InChI is InChI=1S/C19H27N3O4.ClH/c1-25-15-5-6-16(17(11-15)26-2)19(24)22-9-7-21(8-10-22)18(23)13-20-12-14-3-4-14;/h5-6,11,14,20H,3-4,7-10,12-13H2,1-2H3;1H. The van der Waals surface area contributed by atoms with Crippen LogP contribution in [-0.2, 0) is 4.79 Å². The quantitative estimate of drug-likeness (QED) is 0.753. The summed E-state index contributed by atoms with van der Waals surface area (Å²) in [6.45, 7) is 3.51. The van der Waals surface area contributed by atoms with Gasteiger partial charge in [0.2, 0.25) is 5.91 Å². The lowest BCUT2D eigenvalue weighted by Crippen LogP contribution is -2.52. The summed E-state index contributed by atoms with van der Waals surface area (Å²) in [5.74, 6) is 1.93. The Kier molecular flexibility index (Phi) is 7.74. The Hall–Kier alpha value is -1.99. The van der Waals surface area contributed by atoms with Crippen LogP contribution in [0.2, 0.25) is 0 Å². The monoisotopic (exact) mass is 397 g/mol. The average molecular weight is 398 g/mol. The van der Waals surface area contributed by atoms with E-state index in [0.717, 1.165) is 12.5 Å². The molecule has 27 heavy (non-hydrogen) atoms. The fourth-order valence-corrected chi connectivity index (χ4v) is 3.12. The van der Waals surface area contributed by atoms with E-state index in [4.69, 9.17) is 9.47 Å². The molecule has 1 saturated heterocycles. The molecule has 1 heterocycles. The van der Waals surface area contributed by atoms with E-state index < -0.39 is 0 Å². The average Bonchev–Trinajstić information content (AvgIpc) is 3.51. The first-order chi connectivity index (χ1) is 12.6. The second-order valence-corrected chi connectivity index (χ2v) is 6.81. The van der Waals surface area contributed by atoms with Gasteiger partial charge >= 0.3 is 0 Å². The van der Waals surface area contributed by atoms with E-state index >= 15 is 0 Å². The highest BCUT2D eigenvalue weighted by atomic mass is 35.5. The third-order valence-corrected chi connectivity index (χ3v) is 4.96. The van der Waals surface area contributed by atoms with Gasteiger partial charge < -0.3 is 24.6 Å². The van der Waals surface area contributed by atoms with Gasteiger partial charge in [0.25, 0.3) is 5.91 Å². The number of amides is 2. The highest BCUT2D eigenvalue weighted by molar-refractivity contribution is 5.97. The zero-order valence-electron chi connectivity index (χ0n) is 15.9. The van der Waals surface area contributed by atoms with Gasteiger partial charge in [0, 0.05) is 32.2 Å². The molecule has 2 aliphatic rings. The maximum atomic E-state index is 12.8. The van der Waals surface area contributed by atoms with Gasteiger partial charge in [-0.1, -0.05) is 0 Å². The van der Waals surface area contributed by atoms with Crippen LogP contribution in [0.4, 0.5) is 0 Å². The van der Waals surface area contributed by atoms with Gasteiger partial charge in [-0.25, -0.2) is 0 Å². The van der Waals surface area contributed by atoms with Crippen LogP contribution in [-0.4, -0.2) is 75.1 Å². The van der Waals surface area contributed by atoms with Crippen LogP contribution in [0.5, 0.6) is 11.5 Å². The van der Waals surface area contributed by atoms with Gasteiger partial charge in [0.1, 0.15) is 11.5 Å². The molecule has 1 aromatic carbocycles. The normalized spacial score (nSPS) is 16.5. The Bertz CT molecular complexity index is 658. The van der Waals surface area contributed by atoms with Gasteiger partial charge in [-0.15, -0.1) is 12.4 Å². The molecule has 0 atom stereocenters. The summed E-state index contributed by atoms with van der Waals surface area (Å²) in [5, 5.41) is 3.23. The molecule has 1 N–H and O–H groups in total. The van der Waals surface area contributed by atoms with Crippen molar-refractivity contribution in [1.29, 1.82) is 0 Å². The Morgan fingerprint density at radius 2 is 1.74 bits per heavy atom. The van der Waals surface area contributed by atoms with Crippen molar-refractivity contribution < 1.29 is 19.1 Å². The maximum absolute atomic E-state index is 12.8. The molecule has 1 aliphatic carbocycles. The number of methoxy groups -OCH3 is 2. The zero-order valence-corrected chi connectivity index (χ0v) is 16.7. The first kappa shape index (κ1) is 21.3. The molecule has 0 bridgehead atoms. The number of hydrogen-bond acceptors (Lipinski definition) is 5. The topological polar surface area (TPSA) is 71.1 Å². The summed E-state index contributed by atoms with van der Waals surface area (Å²) in [6, 6.07) is 5.18. The summed E-state index contributed by atoms with van der Waals surface area (Å²) in [7, 11) is 3.11. The number of rotatable bonds is 7. The summed E-state index contributed by atoms with van der Waals surface area (Å²) in [4.78, 5) is 28.6. The van der Waals surface area contributed by atoms with Crippen molar-refractivity contribution in [2.75, 3.05) is 53.5 Å². The minimum atomic E-state index is -0.0801. The lowest BCUT2D eigenvalue weighted by Gasteiger charge is -2.35. The number of nitrogens with one attached hydrogen (secondary N) is 1. The minimum absolute atomic E-state index is 0. The van der Waals surface area contributed by atoms with Gasteiger partial charge in [0.15, 0.2) is 0 Å². The summed E-state index contributed by atoms with van der Waals surface area (Å²) in [6.07, 6.45) is 2.55. The second kappa shape index (κ2) is 9.80. The van der Waals surface area contributed by atoms with Crippen molar-refractivity contribution in [2.24, 2.45) is 5.92 Å². The molecule has 0 aromatic heterocycles. The van der Waals surface area contributed by atoms with Crippen LogP contribution < -0.4 is 14.8 Å². The zero-order chi connectivity index (χ0) is 18.5. The van der Waals surface area contributed by atoms with E-state index in [1.165, 1.54) is 20.0 Å². The van der Waals surface area contributed by atoms with Crippen molar-refractivity contribution in [3.63, 3.8) is 0 Å². The summed E-state index contributed by atoms with van der Waals surface area (Å²) >= 11 is 0. The molecule has 1 aromatic rings. The van der Waals surface area contributed by atoms with E-state index in [1.54, 1.807) is 30.2 Å². The van der Waals surface area contributed by atoms with Gasteiger partial charge in [-0.05, 0) is 37.4 Å². The molecule has 2 fully saturated rings. The number of benzene rings is 1. The van der Waals surface area contributed by atoms with E-state index in [9.17, 15) is 9.59 Å². The Labute approximate surface area is 166 Å². The SMILES string of the molecule is COc1ccc(C(=O)N2CCN(C(=O)CNCC3CC3)CC2)c(OC)c1.Cl. The van der Waals surface area contributed by atoms with Gasteiger partial charge in [0.05, 0.1) is 26.3 Å². The molecule has 2 amide bonds. The largest absolute Gasteiger partial charge is 0.497 e. The smallest absolute Gasteiger partial charge is 0.257 e. The van der Waals surface area contributed by atoms with Crippen molar-refractivity contribution in [1.82, 2.24) is 15.1 Å². The van der Waals surface area contributed by atoms with Crippen molar-refractivity contribution in [3.8, 4) is 11.5 Å². The third kappa shape index (κ3) is 5.49. The van der Waals surface area contributed by atoms with Crippen molar-refractivity contribution in [3.05, 3.63) is 23.8 Å². The number of halogens is 1. The highest BCUT2D eigenvalue weighted by Gasteiger charge is 2.27. The molecule has 7 nitrogen and oxygen atoms in total. The number of nitrogens with zero attached hydrogens (tertiary/aromatic N) is 2. The predicted molar refractivity (Wildman–Crippen MR) is 105 cm³/mol. The van der Waals surface area contributed by atoms with Crippen LogP contribution in [0, 0.1) is 5.92 Å². The molecular formula is C19H28ClN3O4. The number of piperazine rings is 1. The maximum Gasteiger partial charge on any atom is 0.257 e. The van der Waals surface area contributed by atoms with E-state index in [-0.39, 0.29) is 24.2 Å². The van der Waals surface area contributed by atoms with Crippen molar-refractivity contribution >= 4 is 24.2 Å². The molecular weight excluding hydrogens is 370 g/mol. The van der Waals surface area contributed by atoms with Crippen LogP contribution in [0.1, 0.15) is 23.2 Å². The van der Waals surface area contributed by atoms with Gasteiger partial charge in [-0.3, -0.25) is 9.59 Å². The third-order valence-electron chi connectivity index (χ3n) is 4.96. The van der Waals surface area contributed by atoms with Crippen LogP contribution in [0.25, 0.3) is 0 Å². The number of carbonyl (C=O) groups is 2. The lowest BCUT2D eigenvalue weighted by molar-refractivity contribution is -0.131. The van der Waals surface area contributed by atoms with Crippen molar-refractivity contribution in [2.45, 2.75) is 12.8 Å². The molecule has 0 radical (unpaired) electrons. The molecule has 1 saturated carbocycles. The number of carbonyl (C=O) groups excluding carboxylic acids is 2. The predicted octanol–water partition coefficient (Wildman–Crippen LogP) is 1.41. The Morgan fingerprint density at radius 3 is 2.33 bits per heavy atom. The molecule has 8 heteroatoms. The van der Waals surface area contributed by atoms with E-state index in [2.05, 4.69) is 5.32 Å². The fraction of sp³-hybridized carbons (Fsp3) is 0.579. The van der Waals surface area contributed by atoms with Gasteiger partial charge in [-0.2, -0.15) is 0 Å². The fourth-order valence-electron chi connectivity index (χ4n) is 3.12. The Morgan fingerprint density at radius 1 is 1.07 bits per heavy atom. The number of hydrogen-bond donors (Lipinski definition) is 1. The van der Waals surface area contributed by atoms with Crippen LogP contribution >= 0.6 is 12.4 Å². The first-order valence-corrected chi connectivity index (χ1v) is 9.12. The summed E-state index contributed by atoms with van der Waals surface area (Å²) < 4.78 is 10.5. The molecule has 1 aliphatic heterocycles. The second-order valence-electron chi connectivity index (χ2n) is 6.81. The number of ether oxygens (including phenoxy) is 2. The van der Waals surface area contributed by atoms with E-state index in [0.29, 0.717) is 49.8 Å². The summed E-state index contributed by atoms with van der Waals surface area (Å²) in [5.41, 5.74) is 0.513. The molecule has 0 spiro atoms.